The number of aromatic nitrogens is 1. The minimum absolute atomic E-state index is 0.0592. The Balaban J connectivity index is 2.04. The smallest absolute Gasteiger partial charge is 0.321 e. The highest BCUT2D eigenvalue weighted by Crippen LogP contribution is 2.28. The highest BCUT2D eigenvalue weighted by Gasteiger charge is 2.28. The van der Waals surface area contributed by atoms with Crippen LogP contribution in [0.1, 0.15) is 26.7 Å². The number of fused-ring (bicyclic) bond motifs is 1. The molecule has 0 saturated heterocycles. The molecule has 2 atom stereocenters. The van der Waals surface area contributed by atoms with Crippen molar-refractivity contribution in [3.05, 3.63) is 22.7 Å². The fourth-order valence-electron chi connectivity index (χ4n) is 2.48. The van der Waals surface area contributed by atoms with Gasteiger partial charge >= 0.3 is 11.9 Å². The first-order valence-corrected chi connectivity index (χ1v) is 9.84. The molecule has 10 heteroatoms. The highest BCUT2D eigenvalue weighted by atomic mass is 79.9. The second kappa shape index (κ2) is 9.25. The topological polar surface area (TPSA) is 129 Å². The van der Waals surface area contributed by atoms with Crippen molar-refractivity contribution in [3.8, 4) is 0 Å². The first-order chi connectivity index (χ1) is 12.7. The van der Waals surface area contributed by atoms with Gasteiger partial charge < -0.3 is 15.5 Å². The molecule has 0 saturated carbocycles. The number of carboxylic acids is 2. The van der Waals surface area contributed by atoms with Gasteiger partial charge in [0.2, 0.25) is 5.91 Å². The van der Waals surface area contributed by atoms with Gasteiger partial charge in [-0.25, -0.2) is 4.98 Å². The number of carbonyl (C=O) groups excluding carboxylic acids is 1. The predicted octanol–water partition coefficient (Wildman–Crippen LogP) is 2.93. The molecule has 0 fully saturated rings. The summed E-state index contributed by atoms with van der Waals surface area (Å²) in [5.41, 5.74) is 0.717. The zero-order chi connectivity index (χ0) is 20.1. The summed E-state index contributed by atoms with van der Waals surface area (Å²) >= 11 is 4.63. The van der Waals surface area contributed by atoms with Crippen LogP contribution in [0.15, 0.2) is 22.7 Å². The molecule has 0 bridgehead atoms. The third-order valence-electron chi connectivity index (χ3n) is 3.69. The van der Waals surface area contributed by atoms with Crippen molar-refractivity contribution >= 4 is 60.5 Å². The summed E-state index contributed by atoms with van der Waals surface area (Å²) < 4.78 is 1.76. The first-order valence-electron chi connectivity index (χ1n) is 8.23. The second-order valence-corrected chi connectivity index (χ2v) is 8.41. The van der Waals surface area contributed by atoms with Crippen LogP contribution in [-0.4, -0.2) is 45.1 Å². The molecule has 2 aromatic rings. The molecular weight excluding hydrogens is 438 g/mol. The minimum atomic E-state index is -1.31. The molecule has 146 valence electrons. The van der Waals surface area contributed by atoms with Crippen molar-refractivity contribution in [2.45, 2.75) is 38.8 Å². The van der Waals surface area contributed by atoms with Gasteiger partial charge in [0, 0.05) is 4.47 Å². The van der Waals surface area contributed by atoms with Crippen LogP contribution < -0.4 is 10.6 Å². The molecule has 0 spiro atoms. The Hall–Kier alpha value is -2.04. The number of nitrogens with zero attached hydrogens (tertiary/aromatic N) is 1. The monoisotopic (exact) mass is 457 g/mol. The number of amides is 1. The van der Waals surface area contributed by atoms with Gasteiger partial charge in [0.25, 0.3) is 0 Å². The molecule has 0 unspecified atom stereocenters. The van der Waals surface area contributed by atoms with E-state index in [1.807, 2.05) is 26.0 Å². The summed E-state index contributed by atoms with van der Waals surface area (Å²) in [6.45, 7) is 3.68. The molecule has 27 heavy (non-hydrogen) atoms. The molecule has 0 radical (unpaired) electrons. The number of anilines is 1. The van der Waals surface area contributed by atoms with Gasteiger partial charge in [0.15, 0.2) is 5.13 Å². The number of hydrogen-bond donors (Lipinski definition) is 4. The Morgan fingerprint density at radius 2 is 1.85 bits per heavy atom. The van der Waals surface area contributed by atoms with Crippen LogP contribution in [-0.2, 0) is 14.4 Å². The quantitative estimate of drug-likeness (QED) is 0.455. The number of aliphatic carboxylic acids is 2. The maximum absolute atomic E-state index is 12.2. The third kappa shape index (κ3) is 6.26. The molecule has 2 rings (SSSR count). The van der Waals surface area contributed by atoms with E-state index in [2.05, 4.69) is 31.5 Å². The van der Waals surface area contributed by atoms with E-state index < -0.39 is 36.4 Å². The van der Waals surface area contributed by atoms with Crippen LogP contribution in [0.5, 0.6) is 0 Å². The number of halogens is 1. The molecule has 0 aliphatic carbocycles. The number of benzene rings is 1. The number of nitrogens with one attached hydrogen (secondary N) is 2. The summed E-state index contributed by atoms with van der Waals surface area (Å²) in [7, 11) is 0. The number of carbonyl (C=O) groups is 3. The van der Waals surface area contributed by atoms with Crippen molar-refractivity contribution < 1.29 is 24.6 Å². The van der Waals surface area contributed by atoms with Gasteiger partial charge in [-0.2, -0.15) is 0 Å². The van der Waals surface area contributed by atoms with E-state index in [0.717, 1.165) is 9.17 Å². The maximum Gasteiger partial charge on any atom is 0.321 e. The van der Waals surface area contributed by atoms with Crippen LogP contribution in [0, 0.1) is 5.92 Å². The van der Waals surface area contributed by atoms with E-state index >= 15 is 0 Å². The Labute approximate surface area is 168 Å². The number of hydrogen-bond acceptors (Lipinski definition) is 6. The second-order valence-electron chi connectivity index (χ2n) is 6.46. The Bertz CT molecular complexity index is 854. The molecular formula is C17H20BrN3O5S. The lowest BCUT2D eigenvalue weighted by molar-refractivity contribution is -0.144. The Kier molecular flexibility index (Phi) is 7.28. The predicted molar refractivity (Wildman–Crippen MR) is 106 cm³/mol. The van der Waals surface area contributed by atoms with Crippen molar-refractivity contribution in [2.24, 2.45) is 5.92 Å². The number of thiazole rings is 1. The van der Waals surface area contributed by atoms with Gasteiger partial charge in [-0.05, 0) is 30.5 Å². The van der Waals surface area contributed by atoms with Crippen LogP contribution in [0.4, 0.5) is 5.13 Å². The molecule has 0 aliphatic rings. The van der Waals surface area contributed by atoms with Gasteiger partial charge in [-0.15, -0.1) is 0 Å². The van der Waals surface area contributed by atoms with Crippen LogP contribution in [0.2, 0.25) is 0 Å². The van der Waals surface area contributed by atoms with E-state index in [4.69, 9.17) is 0 Å². The van der Waals surface area contributed by atoms with Gasteiger partial charge in [-0.1, -0.05) is 41.1 Å². The Morgan fingerprint density at radius 3 is 2.44 bits per heavy atom. The fraction of sp³-hybridized carbons (Fsp3) is 0.412. The fourth-order valence-corrected chi connectivity index (χ4v) is 3.91. The van der Waals surface area contributed by atoms with Gasteiger partial charge in [0.05, 0.1) is 16.6 Å². The van der Waals surface area contributed by atoms with E-state index in [9.17, 15) is 24.6 Å². The third-order valence-corrected chi connectivity index (χ3v) is 5.12. The average molecular weight is 458 g/mol. The summed E-state index contributed by atoms with van der Waals surface area (Å²) in [4.78, 5) is 39.3. The van der Waals surface area contributed by atoms with E-state index in [0.29, 0.717) is 10.6 Å². The minimum Gasteiger partial charge on any atom is -0.480 e. The lowest BCUT2D eigenvalue weighted by atomic mass is 10.0. The molecule has 4 N–H and O–H groups in total. The molecule has 1 heterocycles. The van der Waals surface area contributed by atoms with Crippen molar-refractivity contribution in [1.29, 1.82) is 0 Å². The summed E-state index contributed by atoms with van der Waals surface area (Å²) in [6, 6.07) is 3.15. The molecule has 1 amide bonds. The van der Waals surface area contributed by atoms with Gasteiger partial charge in [-0.3, -0.25) is 19.7 Å². The van der Waals surface area contributed by atoms with Crippen molar-refractivity contribution in [3.63, 3.8) is 0 Å². The van der Waals surface area contributed by atoms with Crippen LogP contribution >= 0.6 is 27.3 Å². The van der Waals surface area contributed by atoms with Gasteiger partial charge in [0.1, 0.15) is 12.1 Å². The van der Waals surface area contributed by atoms with Crippen LogP contribution in [0.3, 0.4) is 0 Å². The zero-order valence-corrected chi connectivity index (χ0v) is 17.1. The SMILES string of the molecule is CC(C)C[C@H](N[C@@H](CC(=O)Nc1nc2ccc(Br)cc2s1)C(=O)O)C(=O)O. The molecule has 0 aliphatic heterocycles. The highest BCUT2D eigenvalue weighted by molar-refractivity contribution is 9.10. The van der Waals surface area contributed by atoms with Crippen molar-refractivity contribution in [2.75, 3.05) is 5.32 Å². The van der Waals surface area contributed by atoms with E-state index in [1.54, 1.807) is 6.07 Å². The lowest BCUT2D eigenvalue weighted by Crippen LogP contribution is -2.49. The summed E-state index contributed by atoms with van der Waals surface area (Å²) in [5.74, 6) is -2.92. The molecule has 1 aromatic heterocycles. The van der Waals surface area contributed by atoms with Crippen molar-refractivity contribution in [1.82, 2.24) is 10.3 Å². The molecule has 1 aromatic carbocycles. The van der Waals surface area contributed by atoms with E-state index in [1.165, 1.54) is 11.3 Å². The standard InChI is InChI=1S/C17H20BrN3O5S/c1-8(2)5-11(15(23)24)19-12(16(25)26)7-14(22)21-17-20-10-4-3-9(18)6-13(10)27-17/h3-4,6,8,11-12,19H,5,7H2,1-2H3,(H,23,24)(H,25,26)(H,20,21,22)/t11-,12-/m0/s1. The lowest BCUT2D eigenvalue weighted by Gasteiger charge is -2.21. The number of carboxylic acid groups (broad SMARTS) is 2. The maximum atomic E-state index is 12.2. The number of rotatable bonds is 9. The normalized spacial score (nSPS) is 13.5. The summed E-state index contributed by atoms with van der Waals surface area (Å²) in [6.07, 6.45) is -0.149. The zero-order valence-electron chi connectivity index (χ0n) is 14.7. The average Bonchev–Trinajstić information content (AvgIpc) is 2.93. The van der Waals surface area contributed by atoms with E-state index in [-0.39, 0.29) is 12.3 Å². The summed E-state index contributed by atoms with van der Waals surface area (Å²) in [5, 5.41) is 24.1. The largest absolute Gasteiger partial charge is 0.480 e. The molecule has 8 nitrogen and oxygen atoms in total. The van der Waals surface area contributed by atoms with Crippen LogP contribution in [0.25, 0.3) is 10.2 Å². The Morgan fingerprint density at radius 1 is 1.19 bits per heavy atom. The first kappa shape index (κ1) is 21.3.